The molecule has 0 unspecified atom stereocenters. The Hall–Kier alpha value is -1.58. The SMILES string of the molecule is [B]c1ccc2ncnc(NC(C)C)c2c1. The summed E-state index contributed by atoms with van der Waals surface area (Å²) in [4.78, 5) is 8.39. The highest BCUT2D eigenvalue weighted by Crippen LogP contribution is 2.17. The average Bonchev–Trinajstić information content (AvgIpc) is 2.18. The maximum Gasteiger partial charge on any atom is 0.137 e. The quantitative estimate of drug-likeness (QED) is 0.736. The van der Waals surface area contributed by atoms with Crippen LogP contribution in [-0.4, -0.2) is 23.9 Å². The van der Waals surface area contributed by atoms with Crippen molar-refractivity contribution in [3.8, 4) is 0 Å². The van der Waals surface area contributed by atoms with E-state index in [0.717, 1.165) is 22.2 Å². The molecule has 4 heteroatoms. The molecule has 0 spiro atoms. The fourth-order valence-electron chi connectivity index (χ4n) is 1.46. The number of anilines is 1. The van der Waals surface area contributed by atoms with E-state index in [1.165, 1.54) is 0 Å². The normalized spacial score (nSPS) is 10.9. The highest BCUT2D eigenvalue weighted by Gasteiger charge is 2.04. The van der Waals surface area contributed by atoms with Crippen LogP contribution >= 0.6 is 0 Å². The van der Waals surface area contributed by atoms with Gasteiger partial charge in [0.25, 0.3) is 0 Å². The first-order chi connectivity index (χ1) is 7.16. The molecule has 0 atom stereocenters. The van der Waals surface area contributed by atoms with Gasteiger partial charge in [0.05, 0.1) is 5.52 Å². The van der Waals surface area contributed by atoms with E-state index in [-0.39, 0.29) is 0 Å². The highest BCUT2D eigenvalue weighted by atomic mass is 15.0. The van der Waals surface area contributed by atoms with E-state index in [2.05, 4.69) is 29.1 Å². The maximum atomic E-state index is 5.74. The molecule has 74 valence electrons. The van der Waals surface area contributed by atoms with Crippen LogP contribution < -0.4 is 10.8 Å². The molecule has 2 rings (SSSR count). The summed E-state index contributed by atoms with van der Waals surface area (Å²) in [6.07, 6.45) is 1.56. The monoisotopic (exact) mass is 197 g/mol. The van der Waals surface area contributed by atoms with E-state index >= 15 is 0 Å². The van der Waals surface area contributed by atoms with Gasteiger partial charge in [-0.1, -0.05) is 17.6 Å². The van der Waals surface area contributed by atoms with Crippen LogP contribution in [0, 0.1) is 0 Å². The van der Waals surface area contributed by atoms with Crippen LogP contribution in [0.5, 0.6) is 0 Å². The predicted molar refractivity (Wildman–Crippen MR) is 63.7 cm³/mol. The Morgan fingerprint density at radius 3 is 2.80 bits per heavy atom. The first kappa shape index (κ1) is 9.96. The fourth-order valence-corrected chi connectivity index (χ4v) is 1.46. The molecule has 1 heterocycles. The van der Waals surface area contributed by atoms with Gasteiger partial charge in [0.1, 0.15) is 20.0 Å². The van der Waals surface area contributed by atoms with Gasteiger partial charge in [-0.05, 0) is 19.9 Å². The molecular weight excluding hydrogens is 185 g/mol. The summed E-state index contributed by atoms with van der Waals surface area (Å²) >= 11 is 0. The van der Waals surface area contributed by atoms with Crippen molar-refractivity contribution in [2.24, 2.45) is 0 Å². The molecule has 1 N–H and O–H groups in total. The first-order valence-electron chi connectivity index (χ1n) is 4.93. The first-order valence-corrected chi connectivity index (χ1v) is 4.93. The Labute approximate surface area is 90.3 Å². The third kappa shape index (κ3) is 2.09. The van der Waals surface area contributed by atoms with Crippen LogP contribution in [-0.2, 0) is 0 Å². The number of rotatable bonds is 2. The van der Waals surface area contributed by atoms with Crippen molar-refractivity contribution in [1.29, 1.82) is 0 Å². The molecule has 2 radical (unpaired) electrons. The van der Waals surface area contributed by atoms with E-state index < -0.39 is 0 Å². The third-order valence-electron chi connectivity index (χ3n) is 2.08. The lowest BCUT2D eigenvalue weighted by atomic mass is 9.95. The van der Waals surface area contributed by atoms with E-state index in [4.69, 9.17) is 7.85 Å². The molecule has 0 saturated carbocycles. The van der Waals surface area contributed by atoms with Gasteiger partial charge in [-0.3, -0.25) is 0 Å². The van der Waals surface area contributed by atoms with Crippen LogP contribution in [0.25, 0.3) is 10.9 Å². The molecule has 2 aromatic rings. The maximum absolute atomic E-state index is 5.74. The Morgan fingerprint density at radius 1 is 1.27 bits per heavy atom. The van der Waals surface area contributed by atoms with Crippen molar-refractivity contribution in [3.05, 3.63) is 24.5 Å². The van der Waals surface area contributed by atoms with E-state index in [1.807, 2.05) is 18.2 Å². The average molecular weight is 197 g/mol. The van der Waals surface area contributed by atoms with Gasteiger partial charge in [0.15, 0.2) is 0 Å². The van der Waals surface area contributed by atoms with Crippen LogP contribution in [0.2, 0.25) is 0 Å². The molecule has 0 aliphatic carbocycles. The zero-order valence-electron chi connectivity index (χ0n) is 8.86. The zero-order valence-corrected chi connectivity index (χ0v) is 8.86. The van der Waals surface area contributed by atoms with Gasteiger partial charge in [0.2, 0.25) is 0 Å². The minimum absolute atomic E-state index is 0.338. The van der Waals surface area contributed by atoms with Gasteiger partial charge in [-0.2, -0.15) is 0 Å². The van der Waals surface area contributed by atoms with Crippen molar-refractivity contribution in [1.82, 2.24) is 9.97 Å². The molecule has 0 fully saturated rings. The lowest BCUT2D eigenvalue weighted by molar-refractivity contribution is 0.890. The Kier molecular flexibility index (Phi) is 2.58. The molecule has 1 aromatic carbocycles. The van der Waals surface area contributed by atoms with Crippen molar-refractivity contribution in [2.45, 2.75) is 19.9 Å². The zero-order chi connectivity index (χ0) is 10.8. The standard InChI is InChI=1S/C11H12BN3/c1-7(2)15-11-9-5-8(12)3-4-10(9)13-6-14-11/h3-7H,1-2H3,(H,13,14,15). The highest BCUT2D eigenvalue weighted by molar-refractivity contribution is 6.33. The minimum Gasteiger partial charge on any atom is -0.367 e. The number of nitrogens with zero attached hydrogens (tertiary/aromatic N) is 2. The molecule has 15 heavy (non-hydrogen) atoms. The smallest absolute Gasteiger partial charge is 0.137 e. The fraction of sp³-hybridized carbons (Fsp3) is 0.273. The molecule has 0 aliphatic heterocycles. The minimum atomic E-state index is 0.338. The Morgan fingerprint density at radius 2 is 2.07 bits per heavy atom. The molecular formula is C11H12BN3. The number of aromatic nitrogens is 2. The van der Waals surface area contributed by atoms with E-state index in [1.54, 1.807) is 6.33 Å². The van der Waals surface area contributed by atoms with Gasteiger partial charge in [-0.15, -0.1) is 0 Å². The Bertz CT molecular complexity index is 482. The van der Waals surface area contributed by atoms with Crippen molar-refractivity contribution >= 4 is 30.0 Å². The second kappa shape index (κ2) is 3.89. The lowest BCUT2D eigenvalue weighted by Crippen LogP contribution is -2.12. The number of benzene rings is 1. The van der Waals surface area contributed by atoms with Crippen molar-refractivity contribution in [3.63, 3.8) is 0 Å². The summed E-state index contributed by atoms with van der Waals surface area (Å²) in [5.74, 6) is 0.835. The predicted octanol–water partition coefficient (Wildman–Crippen LogP) is 1.24. The largest absolute Gasteiger partial charge is 0.367 e. The number of hydrogen-bond acceptors (Lipinski definition) is 3. The molecule has 0 saturated heterocycles. The summed E-state index contributed by atoms with van der Waals surface area (Å²) in [5, 5.41) is 4.23. The summed E-state index contributed by atoms with van der Waals surface area (Å²) in [5.41, 5.74) is 1.63. The van der Waals surface area contributed by atoms with Crippen LogP contribution in [0.1, 0.15) is 13.8 Å². The molecule has 0 bridgehead atoms. The summed E-state index contributed by atoms with van der Waals surface area (Å²) in [6, 6.07) is 5.97. The number of fused-ring (bicyclic) bond motifs is 1. The number of hydrogen-bond donors (Lipinski definition) is 1. The second-order valence-corrected chi connectivity index (χ2v) is 3.80. The lowest BCUT2D eigenvalue weighted by Gasteiger charge is -2.11. The van der Waals surface area contributed by atoms with Gasteiger partial charge < -0.3 is 5.32 Å². The Balaban J connectivity index is 2.58. The van der Waals surface area contributed by atoms with Crippen molar-refractivity contribution in [2.75, 3.05) is 5.32 Å². The van der Waals surface area contributed by atoms with Gasteiger partial charge in [-0.25, -0.2) is 9.97 Å². The van der Waals surface area contributed by atoms with Crippen LogP contribution in [0.3, 0.4) is 0 Å². The molecule has 0 amide bonds. The summed E-state index contributed by atoms with van der Waals surface area (Å²) < 4.78 is 0. The third-order valence-corrected chi connectivity index (χ3v) is 2.08. The van der Waals surface area contributed by atoms with E-state index in [0.29, 0.717) is 6.04 Å². The van der Waals surface area contributed by atoms with E-state index in [9.17, 15) is 0 Å². The topological polar surface area (TPSA) is 37.8 Å². The summed E-state index contributed by atoms with van der Waals surface area (Å²) in [7, 11) is 5.74. The van der Waals surface area contributed by atoms with Gasteiger partial charge in [0, 0.05) is 11.4 Å². The number of nitrogens with one attached hydrogen (secondary N) is 1. The van der Waals surface area contributed by atoms with Gasteiger partial charge >= 0.3 is 0 Å². The van der Waals surface area contributed by atoms with Crippen LogP contribution in [0.15, 0.2) is 24.5 Å². The molecule has 0 aliphatic rings. The summed E-state index contributed by atoms with van der Waals surface area (Å²) in [6.45, 7) is 4.14. The second-order valence-electron chi connectivity index (χ2n) is 3.80. The van der Waals surface area contributed by atoms with Crippen molar-refractivity contribution < 1.29 is 0 Å². The van der Waals surface area contributed by atoms with Crippen LogP contribution in [0.4, 0.5) is 5.82 Å². The molecule has 1 aromatic heterocycles. The molecule has 3 nitrogen and oxygen atoms in total.